The molecule has 1 aliphatic heterocycles. The lowest BCUT2D eigenvalue weighted by atomic mass is 10.2. The van der Waals surface area contributed by atoms with Crippen LogP contribution >= 0.6 is 11.3 Å². The summed E-state index contributed by atoms with van der Waals surface area (Å²) in [6.45, 7) is 10.4. The SMILES string of the molecule is CCN1CCN(Cc2sc(C)nc2CC(=O)O)CC1. The Morgan fingerprint density at radius 2 is 1.95 bits per heavy atom. The summed E-state index contributed by atoms with van der Waals surface area (Å²) < 4.78 is 0. The summed E-state index contributed by atoms with van der Waals surface area (Å²) in [5.74, 6) is -0.803. The van der Waals surface area contributed by atoms with Crippen molar-refractivity contribution in [1.29, 1.82) is 0 Å². The Balaban J connectivity index is 1.97. The third kappa shape index (κ3) is 3.99. The highest BCUT2D eigenvalue weighted by molar-refractivity contribution is 7.11. The number of rotatable bonds is 5. The Kier molecular flexibility index (Phi) is 4.90. The molecule has 0 aliphatic carbocycles. The van der Waals surface area contributed by atoms with E-state index >= 15 is 0 Å². The van der Waals surface area contributed by atoms with Crippen molar-refractivity contribution in [3.05, 3.63) is 15.6 Å². The van der Waals surface area contributed by atoms with Crippen LogP contribution in [0.3, 0.4) is 0 Å². The largest absolute Gasteiger partial charge is 0.481 e. The maximum atomic E-state index is 10.8. The Labute approximate surface area is 117 Å². The van der Waals surface area contributed by atoms with Crippen LogP contribution in [-0.2, 0) is 17.8 Å². The molecule has 0 atom stereocenters. The highest BCUT2D eigenvalue weighted by Gasteiger charge is 2.19. The standard InChI is InChI=1S/C13H21N3O2S/c1-3-15-4-6-16(7-5-15)9-12-11(8-13(17)18)14-10(2)19-12/h3-9H2,1-2H3,(H,17,18). The predicted molar refractivity (Wildman–Crippen MR) is 75.6 cm³/mol. The average molecular weight is 283 g/mol. The van der Waals surface area contributed by atoms with Gasteiger partial charge in [-0.15, -0.1) is 11.3 Å². The molecule has 5 nitrogen and oxygen atoms in total. The number of carboxylic acid groups (broad SMARTS) is 1. The zero-order valence-electron chi connectivity index (χ0n) is 11.6. The molecular formula is C13H21N3O2S. The van der Waals surface area contributed by atoms with E-state index in [0.717, 1.165) is 54.8 Å². The summed E-state index contributed by atoms with van der Waals surface area (Å²) in [5, 5.41) is 9.87. The second-order valence-electron chi connectivity index (χ2n) is 4.88. The van der Waals surface area contributed by atoms with Crippen molar-refractivity contribution in [2.24, 2.45) is 0 Å². The molecule has 2 heterocycles. The molecule has 0 saturated carbocycles. The quantitative estimate of drug-likeness (QED) is 0.880. The first kappa shape index (κ1) is 14.4. The van der Waals surface area contributed by atoms with Crippen LogP contribution in [0.1, 0.15) is 22.5 Å². The van der Waals surface area contributed by atoms with Crippen LogP contribution in [0.25, 0.3) is 0 Å². The minimum absolute atomic E-state index is 0.0363. The smallest absolute Gasteiger partial charge is 0.309 e. The van der Waals surface area contributed by atoms with Gasteiger partial charge in [-0.2, -0.15) is 0 Å². The minimum Gasteiger partial charge on any atom is -0.481 e. The fraction of sp³-hybridized carbons (Fsp3) is 0.692. The normalized spacial score (nSPS) is 17.8. The molecule has 0 radical (unpaired) electrons. The number of hydrogen-bond acceptors (Lipinski definition) is 5. The van der Waals surface area contributed by atoms with Crippen molar-refractivity contribution in [3.8, 4) is 0 Å². The molecule has 0 spiro atoms. The number of aliphatic carboxylic acids is 1. The summed E-state index contributed by atoms with van der Waals surface area (Å²) >= 11 is 1.63. The van der Waals surface area contributed by atoms with Gasteiger partial charge in [-0.25, -0.2) is 4.98 Å². The lowest BCUT2D eigenvalue weighted by molar-refractivity contribution is -0.136. The molecule has 1 N–H and O–H groups in total. The third-order valence-corrected chi connectivity index (χ3v) is 4.48. The van der Waals surface area contributed by atoms with Crippen LogP contribution in [0.2, 0.25) is 0 Å². The fourth-order valence-corrected chi connectivity index (χ4v) is 3.38. The van der Waals surface area contributed by atoms with E-state index in [1.165, 1.54) is 0 Å². The number of aryl methyl sites for hydroxylation is 1. The monoisotopic (exact) mass is 283 g/mol. The maximum Gasteiger partial charge on any atom is 0.309 e. The highest BCUT2D eigenvalue weighted by Crippen LogP contribution is 2.21. The van der Waals surface area contributed by atoms with Gasteiger partial charge in [-0.1, -0.05) is 6.92 Å². The summed E-state index contributed by atoms with van der Waals surface area (Å²) in [5.41, 5.74) is 0.743. The molecule has 1 aromatic rings. The van der Waals surface area contributed by atoms with Crippen molar-refractivity contribution in [2.45, 2.75) is 26.8 Å². The van der Waals surface area contributed by atoms with Gasteiger partial charge in [0.05, 0.1) is 17.1 Å². The molecular weight excluding hydrogens is 262 g/mol. The van der Waals surface area contributed by atoms with E-state index in [0.29, 0.717) is 0 Å². The molecule has 106 valence electrons. The third-order valence-electron chi connectivity index (χ3n) is 3.48. The van der Waals surface area contributed by atoms with Crippen LogP contribution in [0.5, 0.6) is 0 Å². The van der Waals surface area contributed by atoms with Gasteiger partial charge >= 0.3 is 5.97 Å². The van der Waals surface area contributed by atoms with Crippen molar-refractivity contribution in [2.75, 3.05) is 32.7 Å². The first-order valence-corrected chi connectivity index (χ1v) is 7.51. The Morgan fingerprint density at radius 1 is 1.32 bits per heavy atom. The molecule has 0 aromatic carbocycles. The van der Waals surface area contributed by atoms with Crippen molar-refractivity contribution in [1.82, 2.24) is 14.8 Å². The average Bonchev–Trinajstić information content (AvgIpc) is 2.69. The van der Waals surface area contributed by atoms with Gasteiger partial charge < -0.3 is 10.0 Å². The van der Waals surface area contributed by atoms with Gasteiger partial charge in [0.15, 0.2) is 0 Å². The molecule has 1 fully saturated rings. The zero-order chi connectivity index (χ0) is 13.8. The number of likely N-dealkylation sites (N-methyl/N-ethyl adjacent to an activating group) is 1. The maximum absolute atomic E-state index is 10.8. The van der Waals surface area contributed by atoms with Gasteiger partial charge in [0.25, 0.3) is 0 Å². The van der Waals surface area contributed by atoms with E-state index in [4.69, 9.17) is 5.11 Å². The van der Waals surface area contributed by atoms with Gasteiger partial charge in [0.1, 0.15) is 0 Å². The molecule has 1 saturated heterocycles. The summed E-state index contributed by atoms with van der Waals surface area (Å²) in [6.07, 6.45) is 0.0363. The lowest BCUT2D eigenvalue weighted by Crippen LogP contribution is -2.45. The molecule has 0 amide bonds. The number of piperazine rings is 1. The van der Waals surface area contributed by atoms with E-state index in [1.807, 2.05) is 6.92 Å². The Hall–Kier alpha value is -0.980. The zero-order valence-corrected chi connectivity index (χ0v) is 12.4. The van der Waals surface area contributed by atoms with Crippen LogP contribution in [0, 0.1) is 6.92 Å². The highest BCUT2D eigenvalue weighted by atomic mass is 32.1. The van der Waals surface area contributed by atoms with Crippen molar-refractivity contribution >= 4 is 17.3 Å². The first-order chi connectivity index (χ1) is 9.08. The van der Waals surface area contributed by atoms with Gasteiger partial charge in [0.2, 0.25) is 0 Å². The number of carbonyl (C=O) groups is 1. The first-order valence-electron chi connectivity index (χ1n) is 6.70. The van der Waals surface area contributed by atoms with Crippen LogP contribution in [0.4, 0.5) is 0 Å². The van der Waals surface area contributed by atoms with Gasteiger partial charge in [-0.3, -0.25) is 9.69 Å². The molecule has 6 heteroatoms. The molecule has 0 unspecified atom stereocenters. The van der Waals surface area contributed by atoms with Gasteiger partial charge in [0, 0.05) is 37.6 Å². The molecule has 0 bridgehead atoms. The molecule has 1 aromatic heterocycles. The van der Waals surface area contributed by atoms with E-state index in [1.54, 1.807) is 11.3 Å². The number of carboxylic acids is 1. The van der Waals surface area contributed by atoms with Crippen LogP contribution in [-0.4, -0.2) is 58.6 Å². The number of nitrogens with zero attached hydrogens (tertiary/aromatic N) is 3. The summed E-state index contributed by atoms with van der Waals surface area (Å²) in [6, 6.07) is 0. The molecule has 19 heavy (non-hydrogen) atoms. The van der Waals surface area contributed by atoms with Crippen molar-refractivity contribution < 1.29 is 9.90 Å². The fourth-order valence-electron chi connectivity index (χ4n) is 2.38. The summed E-state index contributed by atoms with van der Waals surface area (Å²) in [7, 11) is 0. The lowest BCUT2D eigenvalue weighted by Gasteiger charge is -2.33. The number of thiazole rings is 1. The molecule has 2 rings (SSSR count). The number of hydrogen-bond donors (Lipinski definition) is 1. The topological polar surface area (TPSA) is 56.7 Å². The Bertz CT molecular complexity index is 439. The second kappa shape index (κ2) is 6.45. The Morgan fingerprint density at radius 3 is 2.53 bits per heavy atom. The van der Waals surface area contributed by atoms with Crippen LogP contribution in [0.15, 0.2) is 0 Å². The predicted octanol–water partition coefficient (Wildman–Crippen LogP) is 1.22. The second-order valence-corrected chi connectivity index (χ2v) is 6.17. The van der Waals surface area contributed by atoms with E-state index in [2.05, 4.69) is 21.7 Å². The van der Waals surface area contributed by atoms with E-state index < -0.39 is 5.97 Å². The molecule has 1 aliphatic rings. The summed E-state index contributed by atoms with van der Waals surface area (Å²) in [4.78, 5) is 21.1. The van der Waals surface area contributed by atoms with Crippen molar-refractivity contribution in [3.63, 3.8) is 0 Å². The number of aromatic nitrogens is 1. The van der Waals surface area contributed by atoms with E-state index in [-0.39, 0.29) is 6.42 Å². The van der Waals surface area contributed by atoms with E-state index in [9.17, 15) is 4.79 Å². The van der Waals surface area contributed by atoms with Gasteiger partial charge in [-0.05, 0) is 13.5 Å². The minimum atomic E-state index is -0.803. The van der Waals surface area contributed by atoms with Crippen LogP contribution < -0.4 is 0 Å².